The van der Waals surface area contributed by atoms with Gasteiger partial charge in [0, 0.05) is 25.3 Å². The van der Waals surface area contributed by atoms with Crippen molar-refractivity contribution < 1.29 is 4.79 Å². The highest BCUT2D eigenvalue weighted by Crippen LogP contribution is 2.36. The summed E-state index contributed by atoms with van der Waals surface area (Å²) in [6.07, 6.45) is 1.97. The van der Waals surface area contributed by atoms with Gasteiger partial charge in [0.2, 0.25) is 5.91 Å². The molecule has 0 unspecified atom stereocenters. The highest BCUT2D eigenvalue weighted by molar-refractivity contribution is 5.87. The van der Waals surface area contributed by atoms with E-state index in [0.29, 0.717) is 0 Å². The van der Waals surface area contributed by atoms with E-state index in [1.807, 2.05) is 36.4 Å². The molecule has 31 heavy (non-hydrogen) atoms. The zero-order valence-electron chi connectivity index (χ0n) is 17.8. The number of benzene rings is 3. The fourth-order valence-corrected chi connectivity index (χ4v) is 5.18. The first-order valence-electron chi connectivity index (χ1n) is 11.2. The van der Waals surface area contributed by atoms with Crippen LogP contribution >= 0.6 is 0 Å². The van der Waals surface area contributed by atoms with E-state index in [9.17, 15) is 4.79 Å². The molecule has 2 aliphatic heterocycles. The molecule has 0 radical (unpaired) electrons. The Morgan fingerprint density at radius 2 is 1.29 bits per heavy atom. The number of hydrogen-bond donors (Lipinski definition) is 1. The van der Waals surface area contributed by atoms with E-state index in [-0.39, 0.29) is 17.4 Å². The van der Waals surface area contributed by atoms with Gasteiger partial charge in [0.05, 0.1) is 18.1 Å². The molecule has 3 aromatic carbocycles. The number of carbonyl (C=O) groups is 1. The summed E-state index contributed by atoms with van der Waals surface area (Å²) in [4.78, 5) is 18.3. The number of amides is 1. The van der Waals surface area contributed by atoms with Crippen molar-refractivity contribution in [3.8, 4) is 0 Å². The summed E-state index contributed by atoms with van der Waals surface area (Å²) < 4.78 is 0. The van der Waals surface area contributed by atoms with Crippen molar-refractivity contribution >= 4 is 11.6 Å². The van der Waals surface area contributed by atoms with Crippen molar-refractivity contribution in [1.82, 2.24) is 10.2 Å². The molecule has 2 saturated heterocycles. The van der Waals surface area contributed by atoms with Gasteiger partial charge in [-0.1, -0.05) is 78.9 Å². The number of nitrogens with zero attached hydrogens (tertiary/aromatic N) is 2. The van der Waals surface area contributed by atoms with Crippen molar-refractivity contribution in [3.63, 3.8) is 0 Å². The molecule has 2 aliphatic rings. The van der Waals surface area contributed by atoms with E-state index < -0.39 is 0 Å². The highest BCUT2D eigenvalue weighted by Gasteiger charge is 2.44. The average Bonchev–Trinajstić information content (AvgIpc) is 3.24. The number of piperidine rings is 1. The molecule has 0 aromatic heterocycles. The normalized spacial score (nSPS) is 18.0. The third kappa shape index (κ3) is 3.84. The van der Waals surface area contributed by atoms with Gasteiger partial charge in [-0.05, 0) is 36.1 Å². The van der Waals surface area contributed by atoms with E-state index >= 15 is 0 Å². The smallest absolute Gasteiger partial charge is 0.234 e. The van der Waals surface area contributed by atoms with Crippen LogP contribution in [0.25, 0.3) is 0 Å². The van der Waals surface area contributed by atoms with Gasteiger partial charge in [0.25, 0.3) is 0 Å². The van der Waals surface area contributed by atoms with Crippen LogP contribution in [0.4, 0.5) is 5.69 Å². The van der Waals surface area contributed by atoms with E-state index in [2.05, 4.69) is 69.7 Å². The van der Waals surface area contributed by atoms with Crippen molar-refractivity contribution in [2.75, 3.05) is 31.2 Å². The number of anilines is 1. The lowest BCUT2D eigenvalue weighted by Crippen LogP contribution is -2.55. The first-order valence-corrected chi connectivity index (χ1v) is 11.2. The Morgan fingerprint density at radius 1 is 0.774 bits per heavy atom. The molecule has 0 bridgehead atoms. The summed E-state index contributed by atoms with van der Waals surface area (Å²) in [5, 5.41) is 3.57. The second kappa shape index (κ2) is 8.56. The van der Waals surface area contributed by atoms with Crippen LogP contribution in [0.5, 0.6) is 0 Å². The molecule has 1 spiro atoms. The van der Waals surface area contributed by atoms with E-state index in [1.54, 1.807) is 0 Å². The molecular formula is C27H29N3O. The van der Waals surface area contributed by atoms with Crippen LogP contribution in [0.2, 0.25) is 0 Å². The number of hydrogen-bond acceptors (Lipinski definition) is 3. The monoisotopic (exact) mass is 411 g/mol. The minimum absolute atomic E-state index is 0.0904. The second-order valence-electron chi connectivity index (χ2n) is 8.65. The first-order chi connectivity index (χ1) is 15.3. The lowest BCUT2D eigenvalue weighted by atomic mass is 9.84. The molecule has 158 valence electrons. The standard InChI is InChI=1S/C27H29N3O/c31-26(25(22-10-4-1-5-11-22)23-12-6-2-7-13-23)29-18-16-27(17-19-29)20-28-21-30(27)24-14-8-3-9-15-24/h1-15,25,28H,16-21H2. The first kappa shape index (κ1) is 19.8. The molecule has 5 rings (SSSR count). The van der Waals surface area contributed by atoms with Crippen molar-refractivity contribution in [2.45, 2.75) is 24.3 Å². The summed E-state index contributed by atoms with van der Waals surface area (Å²) in [6.45, 7) is 3.43. The van der Waals surface area contributed by atoms with Crippen LogP contribution in [-0.2, 0) is 4.79 Å². The van der Waals surface area contributed by atoms with Gasteiger partial charge in [-0.25, -0.2) is 0 Å². The minimum Gasteiger partial charge on any atom is -0.352 e. The Morgan fingerprint density at radius 3 is 1.84 bits per heavy atom. The SMILES string of the molecule is O=C(C(c1ccccc1)c1ccccc1)N1CCC2(CC1)CNCN2c1ccccc1. The van der Waals surface area contributed by atoms with Crippen LogP contribution in [0, 0.1) is 0 Å². The van der Waals surface area contributed by atoms with Gasteiger partial charge in [0.1, 0.15) is 0 Å². The Kier molecular flexibility index (Phi) is 5.47. The average molecular weight is 412 g/mol. The van der Waals surface area contributed by atoms with Crippen LogP contribution in [-0.4, -0.2) is 42.6 Å². The zero-order valence-corrected chi connectivity index (χ0v) is 17.8. The van der Waals surface area contributed by atoms with Crippen LogP contribution < -0.4 is 10.2 Å². The molecular weight excluding hydrogens is 382 g/mol. The fourth-order valence-electron chi connectivity index (χ4n) is 5.18. The van der Waals surface area contributed by atoms with E-state index in [4.69, 9.17) is 0 Å². The van der Waals surface area contributed by atoms with Gasteiger partial charge >= 0.3 is 0 Å². The van der Waals surface area contributed by atoms with Gasteiger partial charge in [0.15, 0.2) is 0 Å². The second-order valence-corrected chi connectivity index (χ2v) is 8.65. The third-order valence-corrected chi connectivity index (χ3v) is 6.88. The molecule has 2 heterocycles. The van der Waals surface area contributed by atoms with Gasteiger partial charge in [-0.2, -0.15) is 0 Å². The Hall–Kier alpha value is -3.11. The van der Waals surface area contributed by atoms with Crippen LogP contribution in [0.3, 0.4) is 0 Å². The van der Waals surface area contributed by atoms with Crippen LogP contribution in [0.15, 0.2) is 91.0 Å². The van der Waals surface area contributed by atoms with E-state index in [1.165, 1.54) is 5.69 Å². The predicted molar refractivity (Wildman–Crippen MR) is 125 cm³/mol. The van der Waals surface area contributed by atoms with Crippen molar-refractivity contribution in [3.05, 3.63) is 102 Å². The maximum Gasteiger partial charge on any atom is 0.234 e. The summed E-state index contributed by atoms with van der Waals surface area (Å²) in [7, 11) is 0. The zero-order chi connectivity index (χ0) is 21.1. The molecule has 3 aromatic rings. The summed E-state index contributed by atoms with van der Waals surface area (Å²) in [5.74, 6) is -0.0344. The minimum atomic E-state index is -0.247. The number of rotatable bonds is 4. The lowest BCUT2D eigenvalue weighted by molar-refractivity contribution is -0.133. The summed E-state index contributed by atoms with van der Waals surface area (Å²) in [6, 6.07) is 31.0. The number of para-hydroxylation sites is 1. The third-order valence-electron chi connectivity index (χ3n) is 6.88. The van der Waals surface area contributed by atoms with Gasteiger partial charge in [-0.3, -0.25) is 10.1 Å². The Bertz CT molecular complexity index is 959. The molecule has 2 fully saturated rings. The highest BCUT2D eigenvalue weighted by atomic mass is 16.2. The summed E-state index contributed by atoms with van der Waals surface area (Å²) in [5.41, 5.74) is 3.48. The lowest BCUT2D eigenvalue weighted by Gasteiger charge is -2.45. The topological polar surface area (TPSA) is 35.6 Å². The molecule has 0 aliphatic carbocycles. The van der Waals surface area contributed by atoms with Crippen LogP contribution in [0.1, 0.15) is 29.9 Å². The maximum absolute atomic E-state index is 13.8. The quantitative estimate of drug-likeness (QED) is 0.697. The van der Waals surface area contributed by atoms with E-state index in [0.717, 1.165) is 50.3 Å². The molecule has 1 amide bonds. The van der Waals surface area contributed by atoms with Crippen molar-refractivity contribution in [1.29, 1.82) is 0 Å². The molecule has 4 nitrogen and oxygen atoms in total. The van der Waals surface area contributed by atoms with Crippen molar-refractivity contribution in [2.24, 2.45) is 0 Å². The summed E-state index contributed by atoms with van der Waals surface area (Å²) >= 11 is 0. The fraction of sp³-hybridized carbons (Fsp3) is 0.296. The predicted octanol–water partition coefficient (Wildman–Crippen LogP) is 4.25. The van der Waals surface area contributed by atoms with Gasteiger partial charge in [-0.15, -0.1) is 0 Å². The number of carbonyl (C=O) groups excluding carboxylic acids is 1. The maximum atomic E-state index is 13.8. The molecule has 0 atom stereocenters. The Labute approximate surface area is 184 Å². The largest absolute Gasteiger partial charge is 0.352 e. The molecule has 0 saturated carbocycles. The van der Waals surface area contributed by atoms with Gasteiger partial charge < -0.3 is 9.80 Å². The molecule has 4 heteroatoms. The Balaban J connectivity index is 1.36. The number of nitrogens with one attached hydrogen (secondary N) is 1. The molecule has 1 N–H and O–H groups in total. The number of likely N-dealkylation sites (tertiary alicyclic amines) is 1.